The first-order valence-electron chi connectivity index (χ1n) is 6.68. The van der Waals surface area contributed by atoms with E-state index >= 15 is 0 Å². The fraction of sp³-hybridized carbons (Fsp3) is 1.00. The van der Waals surface area contributed by atoms with Crippen LogP contribution in [-0.2, 0) is 0 Å². The lowest BCUT2D eigenvalue weighted by Crippen LogP contribution is -2.25. The first kappa shape index (κ1) is 15.4. The monoisotopic (exact) mass is 230 g/mol. The highest BCUT2D eigenvalue weighted by atomic mass is 31.0. The van der Waals surface area contributed by atoms with Gasteiger partial charge in [-0.05, 0) is 36.3 Å². The van der Waals surface area contributed by atoms with Crippen molar-refractivity contribution in [1.29, 1.82) is 0 Å². The van der Waals surface area contributed by atoms with Crippen molar-refractivity contribution in [3.05, 3.63) is 0 Å². The van der Waals surface area contributed by atoms with Crippen molar-refractivity contribution >= 4 is 9.24 Å². The SMILES string of the molecule is CCCCCC(P)(CC(C)C)CC(C)C. The largest absolute Gasteiger partial charge is 0.131 e. The minimum atomic E-state index is 0.511. The Balaban J connectivity index is 4.14. The van der Waals surface area contributed by atoms with Crippen molar-refractivity contribution in [1.82, 2.24) is 0 Å². The van der Waals surface area contributed by atoms with E-state index in [4.69, 9.17) is 0 Å². The molecule has 1 unspecified atom stereocenters. The van der Waals surface area contributed by atoms with Gasteiger partial charge in [-0.25, -0.2) is 0 Å². The van der Waals surface area contributed by atoms with E-state index in [9.17, 15) is 0 Å². The average molecular weight is 230 g/mol. The van der Waals surface area contributed by atoms with Gasteiger partial charge in [0.15, 0.2) is 0 Å². The Bertz CT molecular complexity index is 139. The normalized spacial score (nSPS) is 12.8. The molecule has 0 aromatic carbocycles. The maximum absolute atomic E-state index is 3.18. The van der Waals surface area contributed by atoms with Crippen molar-refractivity contribution in [3.63, 3.8) is 0 Å². The van der Waals surface area contributed by atoms with E-state index in [1.54, 1.807) is 0 Å². The molecule has 0 amide bonds. The van der Waals surface area contributed by atoms with Crippen molar-refractivity contribution < 1.29 is 0 Å². The van der Waals surface area contributed by atoms with E-state index in [1.807, 2.05) is 0 Å². The molecular formula is C14H31P. The van der Waals surface area contributed by atoms with E-state index in [0.29, 0.717) is 5.16 Å². The Kier molecular flexibility index (Phi) is 7.88. The molecule has 0 aromatic rings. The van der Waals surface area contributed by atoms with E-state index in [0.717, 1.165) is 11.8 Å². The lowest BCUT2D eigenvalue weighted by molar-refractivity contribution is 0.352. The Morgan fingerprint density at radius 1 is 0.933 bits per heavy atom. The molecule has 0 aliphatic carbocycles. The molecule has 1 heteroatoms. The quantitative estimate of drug-likeness (QED) is 0.393. The lowest BCUT2D eigenvalue weighted by atomic mass is 9.84. The molecule has 0 saturated carbocycles. The van der Waals surface area contributed by atoms with Gasteiger partial charge in [0.1, 0.15) is 0 Å². The second kappa shape index (κ2) is 7.66. The maximum Gasteiger partial charge on any atom is -0.0145 e. The zero-order valence-corrected chi connectivity index (χ0v) is 12.6. The van der Waals surface area contributed by atoms with Gasteiger partial charge >= 0.3 is 0 Å². The third-order valence-corrected chi connectivity index (χ3v) is 3.67. The highest BCUT2D eigenvalue weighted by Crippen LogP contribution is 2.38. The minimum absolute atomic E-state index is 0.511. The predicted octanol–water partition coefficient (Wildman–Crippen LogP) is 5.27. The summed E-state index contributed by atoms with van der Waals surface area (Å²) in [5.41, 5.74) is 0. The van der Waals surface area contributed by atoms with Crippen molar-refractivity contribution in [2.24, 2.45) is 11.8 Å². The Hall–Kier alpha value is 0.430. The molecule has 0 heterocycles. The molecule has 0 aromatic heterocycles. The number of hydrogen-bond acceptors (Lipinski definition) is 0. The summed E-state index contributed by atoms with van der Waals surface area (Å²) in [5.74, 6) is 1.64. The minimum Gasteiger partial charge on any atom is -0.131 e. The van der Waals surface area contributed by atoms with Crippen molar-refractivity contribution in [3.8, 4) is 0 Å². The van der Waals surface area contributed by atoms with Crippen LogP contribution in [0.3, 0.4) is 0 Å². The van der Waals surface area contributed by atoms with Crippen LogP contribution in [-0.4, -0.2) is 5.16 Å². The summed E-state index contributed by atoms with van der Waals surface area (Å²) in [4.78, 5) is 0. The standard InChI is InChI=1S/C14H31P/c1-6-7-8-9-14(15,10-12(2)3)11-13(4)5/h12-13H,6-11,15H2,1-5H3. The summed E-state index contributed by atoms with van der Waals surface area (Å²) >= 11 is 0. The molecule has 0 aliphatic rings. The van der Waals surface area contributed by atoms with E-state index in [-0.39, 0.29) is 0 Å². The topological polar surface area (TPSA) is 0 Å². The fourth-order valence-corrected chi connectivity index (χ4v) is 3.79. The van der Waals surface area contributed by atoms with Crippen LogP contribution < -0.4 is 0 Å². The van der Waals surface area contributed by atoms with Gasteiger partial charge in [-0.3, -0.25) is 0 Å². The van der Waals surface area contributed by atoms with E-state index < -0.39 is 0 Å². The van der Waals surface area contributed by atoms with Crippen LogP contribution in [0.25, 0.3) is 0 Å². The second-order valence-electron chi connectivity index (χ2n) is 6.02. The van der Waals surface area contributed by atoms with Gasteiger partial charge in [0.2, 0.25) is 0 Å². The predicted molar refractivity (Wildman–Crippen MR) is 75.5 cm³/mol. The highest BCUT2D eigenvalue weighted by molar-refractivity contribution is 7.19. The van der Waals surface area contributed by atoms with Gasteiger partial charge in [0.25, 0.3) is 0 Å². The first-order chi connectivity index (χ1) is 6.89. The number of rotatable bonds is 8. The van der Waals surface area contributed by atoms with E-state index in [2.05, 4.69) is 43.9 Å². The molecule has 15 heavy (non-hydrogen) atoms. The summed E-state index contributed by atoms with van der Waals surface area (Å²) < 4.78 is 0. The molecule has 0 saturated heterocycles. The lowest BCUT2D eigenvalue weighted by Gasteiger charge is -2.33. The molecule has 0 rings (SSSR count). The van der Waals surface area contributed by atoms with E-state index in [1.165, 1.54) is 38.5 Å². The molecule has 0 fully saturated rings. The summed E-state index contributed by atoms with van der Waals surface area (Å²) in [6.07, 6.45) is 8.25. The van der Waals surface area contributed by atoms with Crippen LogP contribution in [0.5, 0.6) is 0 Å². The van der Waals surface area contributed by atoms with Crippen LogP contribution in [0, 0.1) is 11.8 Å². The highest BCUT2D eigenvalue weighted by Gasteiger charge is 2.25. The molecular weight excluding hydrogens is 199 g/mol. The Labute approximate surface area is 99.8 Å². The van der Waals surface area contributed by atoms with Crippen LogP contribution in [0.4, 0.5) is 0 Å². The molecule has 0 bridgehead atoms. The van der Waals surface area contributed by atoms with Crippen molar-refractivity contribution in [2.45, 2.75) is 78.3 Å². The second-order valence-corrected chi connectivity index (χ2v) is 7.24. The van der Waals surface area contributed by atoms with Crippen LogP contribution in [0.2, 0.25) is 0 Å². The molecule has 0 spiro atoms. The molecule has 0 aliphatic heterocycles. The zero-order chi connectivity index (χ0) is 11.9. The summed E-state index contributed by atoms with van der Waals surface area (Å²) in [7, 11) is 3.18. The summed E-state index contributed by atoms with van der Waals surface area (Å²) in [6, 6.07) is 0. The molecule has 0 nitrogen and oxygen atoms in total. The summed E-state index contributed by atoms with van der Waals surface area (Å²) in [5, 5.41) is 0.511. The average Bonchev–Trinajstić information content (AvgIpc) is 2.00. The van der Waals surface area contributed by atoms with Gasteiger partial charge < -0.3 is 0 Å². The third kappa shape index (κ3) is 8.26. The molecule has 0 N–H and O–H groups in total. The van der Waals surface area contributed by atoms with Gasteiger partial charge in [-0.15, -0.1) is 9.24 Å². The number of unbranched alkanes of at least 4 members (excludes halogenated alkanes) is 2. The smallest absolute Gasteiger partial charge is 0.0145 e. The fourth-order valence-electron chi connectivity index (χ4n) is 2.64. The Morgan fingerprint density at radius 3 is 1.73 bits per heavy atom. The number of hydrogen-bond donors (Lipinski definition) is 0. The van der Waals surface area contributed by atoms with Crippen LogP contribution >= 0.6 is 9.24 Å². The van der Waals surface area contributed by atoms with Crippen LogP contribution in [0.1, 0.15) is 73.1 Å². The molecule has 0 radical (unpaired) electrons. The zero-order valence-electron chi connectivity index (χ0n) is 11.5. The van der Waals surface area contributed by atoms with Gasteiger partial charge in [0.05, 0.1) is 0 Å². The summed E-state index contributed by atoms with van der Waals surface area (Å²) in [6.45, 7) is 11.7. The molecule has 92 valence electrons. The molecule has 1 atom stereocenters. The van der Waals surface area contributed by atoms with Crippen LogP contribution in [0.15, 0.2) is 0 Å². The van der Waals surface area contributed by atoms with Crippen molar-refractivity contribution in [2.75, 3.05) is 0 Å². The first-order valence-corrected chi connectivity index (χ1v) is 7.26. The third-order valence-electron chi connectivity index (χ3n) is 2.91. The maximum atomic E-state index is 3.18. The Morgan fingerprint density at radius 2 is 1.40 bits per heavy atom. The van der Waals surface area contributed by atoms with Gasteiger partial charge in [-0.1, -0.05) is 53.9 Å². The van der Waals surface area contributed by atoms with Gasteiger partial charge in [0, 0.05) is 0 Å². The van der Waals surface area contributed by atoms with Gasteiger partial charge in [-0.2, -0.15) is 0 Å².